The fourth-order valence-electron chi connectivity index (χ4n) is 1.62. The second kappa shape index (κ2) is 8.03. The first-order valence-electron chi connectivity index (χ1n) is 6.10. The van der Waals surface area contributed by atoms with Crippen molar-refractivity contribution in [2.24, 2.45) is 0 Å². The van der Waals surface area contributed by atoms with E-state index in [1.807, 2.05) is 30.5 Å². The van der Waals surface area contributed by atoms with Gasteiger partial charge in [0.2, 0.25) is 0 Å². The van der Waals surface area contributed by atoms with Gasteiger partial charge in [-0.05, 0) is 31.2 Å². The highest BCUT2D eigenvalue weighted by Crippen LogP contribution is 2.28. The summed E-state index contributed by atoms with van der Waals surface area (Å²) in [6, 6.07) is 7.73. The van der Waals surface area contributed by atoms with Crippen LogP contribution in [0.1, 0.15) is 26.2 Å². The maximum atomic E-state index is 11.7. The molecule has 1 rings (SSSR count). The third-order valence-corrected chi connectivity index (χ3v) is 3.40. The van der Waals surface area contributed by atoms with Crippen LogP contribution in [0.15, 0.2) is 29.2 Å². The molecule has 0 radical (unpaired) electrons. The van der Waals surface area contributed by atoms with Crippen LogP contribution in [-0.4, -0.2) is 25.4 Å². The normalized spacial score (nSPS) is 11.9. The highest BCUT2D eigenvalue weighted by Gasteiger charge is 2.21. The van der Waals surface area contributed by atoms with Crippen LogP contribution in [0.5, 0.6) is 5.75 Å². The summed E-state index contributed by atoms with van der Waals surface area (Å²) in [4.78, 5) is 12.7. The van der Waals surface area contributed by atoms with E-state index in [2.05, 4.69) is 6.92 Å². The molecule has 0 heterocycles. The number of ether oxygens (including phenoxy) is 2. The first-order chi connectivity index (χ1) is 8.72. The first kappa shape index (κ1) is 14.9. The van der Waals surface area contributed by atoms with Crippen LogP contribution < -0.4 is 4.74 Å². The molecule has 0 aliphatic rings. The van der Waals surface area contributed by atoms with Gasteiger partial charge in [-0.2, -0.15) is 0 Å². The van der Waals surface area contributed by atoms with Crippen LogP contribution in [-0.2, 0) is 9.53 Å². The minimum Gasteiger partial charge on any atom is -0.478 e. The average molecular weight is 268 g/mol. The van der Waals surface area contributed by atoms with E-state index in [9.17, 15) is 4.79 Å². The molecule has 0 aliphatic carbocycles. The molecule has 0 spiro atoms. The topological polar surface area (TPSA) is 35.5 Å². The van der Waals surface area contributed by atoms with E-state index in [4.69, 9.17) is 9.47 Å². The summed E-state index contributed by atoms with van der Waals surface area (Å²) in [5.74, 6) is 0.441. The largest absolute Gasteiger partial charge is 0.478 e. The number of thioether (sulfide) groups is 1. The van der Waals surface area contributed by atoms with Crippen molar-refractivity contribution in [1.82, 2.24) is 0 Å². The van der Waals surface area contributed by atoms with Crippen molar-refractivity contribution in [3.8, 4) is 5.75 Å². The first-order valence-corrected chi connectivity index (χ1v) is 7.32. The number of methoxy groups -OCH3 is 1. The third-order valence-electron chi connectivity index (χ3n) is 2.62. The number of benzene rings is 1. The van der Waals surface area contributed by atoms with Gasteiger partial charge < -0.3 is 9.47 Å². The molecular weight excluding hydrogens is 248 g/mol. The molecule has 1 aromatic rings. The molecule has 1 aromatic carbocycles. The maximum absolute atomic E-state index is 11.7. The smallest absolute Gasteiger partial charge is 0.347 e. The summed E-state index contributed by atoms with van der Waals surface area (Å²) in [6.07, 6.45) is 4.14. The Morgan fingerprint density at radius 3 is 2.72 bits per heavy atom. The minimum absolute atomic E-state index is 0.306. The Morgan fingerprint density at radius 1 is 1.39 bits per heavy atom. The zero-order valence-corrected chi connectivity index (χ0v) is 12.0. The Kier molecular flexibility index (Phi) is 6.65. The van der Waals surface area contributed by atoms with Crippen LogP contribution >= 0.6 is 11.8 Å². The van der Waals surface area contributed by atoms with Gasteiger partial charge in [-0.25, -0.2) is 4.79 Å². The number of carbonyl (C=O) groups excluding carboxylic acids is 1. The maximum Gasteiger partial charge on any atom is 0.347 e. The van der Waals surface area contributed by atoms with Crippen molar-refractivity contribution in [2.75, 3.05) is 13.4 Å². The van der Waals surface area contributed by atoms with Crippen LogP contribution in [0.2, 0.25) is 0 Å². The molecule has 0 amide bonds. The molecule has 0 fully saturated rings. The molecule has 100 valence electrons. The van der Waals surface area contributed by atoms with Gasteiger partial charge in [0.15, 0.2) is 6.10 Å². The average Bonchev–Trinajstić information content (AvgIpc) is 2.42. The van der Waals surface area contributed by atoms with Crippen molar-refractivity contribution in [3.63, 3.8) is 0 Å². The molecule has 0 bridgehead atoms. The van der Waals surface area contributed by atoms with Gasteiger partial charge in [-0.15, -0.1) is 11.8 Å². The molecule has 0 aromatic heterocycles. The van der Waals surface area contributed by atoms with Crippen LogP contribution in [0.3, 0.4) is 0 Å². The lowest BCUT2D eigenvalue weighted by molar-refractivity contribution is -0.149. The number of esters is 1. The predicted molar refractivity (Wildman–Crippen MR) is 74.2 cm³/mol. The molecule has 18 heavy (non-hydrogen) atoms. The van der Waals surface area contributed by atoms with Crippen LogP contribution in [0.25, 0.3) is 0 Å². The van der Waals surface area contributed by atoms with Gasteiger partial charge in [0.1, 0.15) is 5.75 Å². The molecule has 0 aliphatic heterocycles. The molecule has 4 heteroatoms. The fraction of sp³-hybridized carbons (Fsp3) is 0.500. The van der Waals surface area contributed by atoms with Crippen LogP contribution in [0.4, 0.5) is 0 Å². The summed E-state index contributed by atoms with van der Waals surface area (Å²) in [5, 5.41) is 0. The number of hydrogen-bond donors (Lipinski definition) is 0. The standard InChI is InChI=1S/C14H20O3S/c1-4-5-8-12(14(15)16-2)17-11-9-6-7-10-13(11)18-3/h6-7,9-10,12H,4-5,8H2,1-3H3. The van der Waals surface area contributed by atoms with E-state index in [1.165, 1.54) is 7.11 Å². The molecule has 0 N–H and O–H groups in total. The van der Waals surface area contributed by atoms with Crippen molar-refractivity contribution in [2.45, 2.75) is 37.2 Å². The van der Waals surface area contributed by atoms with Crippen molar-refractivity contribution >= 4 is 17.7 Å². The Balaban J connectivity index is 2.78. The van der Waals surface area contributed by atoms with Crippen molar-refractivity contribution in [1.29, 1.82) is 0 Å². The summed E-state index contributed by atoms with van der Waals surface area (Å²) in [5.41, 5.74) is 0. The number of hydrogen-bond acceptors (Lipinski definition) is 4. The summed E-state index contributed by atoms with van der Waals surface area (Å²) in [7, 11) is 1.39. The minimum atomic E-state index is -0.511. The summed E-state index contributed by atoms with van der Waals surface area (Å²) in [6.45, 7) is 2.09. The van der Waals surface area contributed by atoms with Gasteiger partial charge in [0.05, 0.1) is 7.11 Å². The Hall–Kier alpha value is -1.16. The molecular formula is C14H20O3S. The third kappa shape index (κ3) is 4.26. The van der Waals surface area contributed by atoms with E-state index in [1.54, 1.807) is 11.8 Å². The fourth-order valence-corrected chi connectivity index (χ4v) is 2.15. The lowest BCUT2D eigenvalue weighted by atomic mass is 10.1. The van der Waals surface area contributed by atoms with Crippen molar-refractivity contribution in [3.05, 3.63) is 24.3 Å². The van der Waals surface area contributed by atoms with E-state index in [-0.39, 0.29) is 5.97 Å². The summed E-state index contributed by atoms with van der Waals surface area (Å²) >= 11 is 1.60. The molecule has 1 atom stereocenters. The van der Waals surface area contributed by atoms with Crippen LogP contribution in [0, 0.1) is 0 Å². The highest BCUT2D eigenvalue weighted by atomic mass is 32.2. The van der Waals surface area contributed by atoms with E-state index in [0.717, 1.165) is 23.5 Å². The van der Waals surface area contributed by atoms with Gasteiger partial charge >= 0.3 is 5.97 Å². The molecule has 3 nitrogen and oxygen atoms in total. The zero-order valence-electron chi connectivity index (χ0n) is 11.1. The van der Waals surface area contributed by atoms with E-state index in [0.29, 0.717) is 6.42 Å². The van der Waals surface area contributed by atoms with Gasteiger partial charge in [-0.3, -0.25) is 0 Å². The van der Waals surface area contributed by atoms with E-state index >= 15 is 0 Å². The monoisotopic (exact) mass is 268 g/mol. The van der Waals surface area contributed by atoms with Gasteiger partial charge in [0, 0.05) is 4.90 Å². The van der Waals surface area contributed by atoms with Crippen molar-refractivity contribution < 1.29 is 14.3 Å². The number of unbranched alkanes of at least 4 members (excludes halogenated alkanes) is 1. The molecule has 0 saturated carbocycles. The number of carbonyl (C=O) groups is 1. The Bertz CT molecular complexity index is 379. The highest BCUT2D eigenvalue weighted by molar-refractivity contribution is 7.98. The number of rotatable bonds is 7. The lowest BCUT2D eigenvalue weighted by Gasteiger charge is -2.18. The SMILES string of the molecule is CCCCC(Oc1ccccc1SC)C(=O)OC. The lowest BCUT2D eigenvalue weighted by Crippen LogP contribution is -2.28. The Labute approximate surface area is 113 Å². The second-order valence-corrected chi connectivity index (χ2v) is 4.77. The van der Waals surface area contributed by atoms with Gasteiger partial charge in [-0.1, -0.05) is 25.5 Å². The van der Waals surface area contributed by atoms with Gasteiger partial charge in [0.25, 0.3) is 0 Å². The van der Waals surface area contributed by atoms with E-state index < -0.39 is 6.10 Å². The molecule has 1 unspecified atom stereocenters. The predicted octanol–water partition coefficient (Wildman–Crippen LogP) is 3.52. The quantitative estimate of drug-likeness (QED) is 0.560. The zero-order chi connectivity index (χ0) is 13.4. The number of para-hydroxylation sites is 1. The Morgan fingerprint density at radius 2 is 2.11 bits per heavy atom. The molecule has 0 saturated heterocycles. The second-order valence-electron chi connectivity index (χ2n) is 3.92. The summed E-state index contributed by atoms with van der Waals surface area (Å²) < 4.78 is 10.6.